The summed E-state index contributed by atoms with van der Waals surface area (Å²) in [5, 5.41) is 13.8. The van der Waals surface area contributed by atoms with Crippen molar-refractivity contribution in [3.05, 3.63) is 63.6 Å². The zero-order valence-corrected chi connectivity index (χ0v) is 15.8. The number of hydrogen-bond donors (Lipinski definition) is 2. The van der Waals surface area contributed by atoms with Gasteiger partial charge in [-0.05, 0) is 30.7 Å². The number of nitrogens with zero attached hydrogens (tertiary/aromatic N) is 1. The zero-order chi connectivity index (χ0) is 18.7. The van der Waals surface area contributed by atoms with Gasteiger partial charge in [-0.2, -0.15) is 0 Å². The number of methoxy groups -OCH3 is 1. The molecule has 0 aliphatic carbocycles. The van der Waals surface area contributed by atoms with E-state index in [4.69, 9.17) is 16.3 Å². The van der Waals surface area contributed by atoms with E-state index in [1.165, 1.54) is 24.5 Å². The molecule has 2 aromatic carbocycles. The molecule has 1 heterocycles. The van der Waals surface area contributed by atoms with E-state index in [2.05, 4.69) is 10.3 Å². The van der Waals surface area contributed by atoms with E-state index in [9.17, 15) is 9.90 Å². The number of nitrogens with one attached hydrogen (secondary N) is 1. The predicted molar refractivity (Wildman–Crippen MR) is 103 cm³/mol. The highest BCUT2D eigenvalue weighted by atomic mass is 35.5. The smallest absolute Gasteiger partial charge is 0.263 e. The maximum Gasteiger partial charge on any atom is 0.263 e. The number of rotatable bonds is 5. The fourth-order valence-electron chi connectivity index (χ4n) is 2.45. The number of halogens is 1. The number of hydrogen-bond acceptors (Lipinski definition) is 5. The third-order valence-corrected chi connectivity index (χ3v) is 5.32. The molecule has 0 fully saturated rings. The summed E-state index contributed by atoms with van der Waals surface area (Å²) in [5.41, 5.74) is 2.29. The molecule has 134 valence electrons. The molecule has 0 aliphatic heterocycles. The van der Waals surface area contributed by atoms with Gasteiger partial charge in [0.25, 0.3) is 5.91 Å². The van der Waals surface area contributed by atoms with Crippen molar-refractivity contribution in [3.63, 3.8) is 0 Å². The van der Waals surface area contributed by atoms with E-state index in [0.29, 0.717) is 32.9 Å². The van der Waals surface area contributed by atoms with Gasteiger partial charge in [-0.1, -0.05) is 35.9 Å². The molecule has 0 unspecified atom stereocenters. The fourth-order valence-corrected chi connectivity index (χ4v) is 3.75. The maximum atomic E-state index is 12.5. The lowest BCUT2D eigenvalue weighted by Crippen LogP contribution is -2.22. The number of aryl methyl sites for hydroxylation is 1. The molecule has 1 aromatic heterocycles. The summed E-state index contributed by atoms with van der Waals surface area (Å²) in [6.07, 6.45) is 0. The minimum Gasteiger partial charge on any atom is -0.504 e. The van der Waals surface area contributed by atoms with Crippen LogP contribution in [0.1, 0.15) is 20.9 Å². The summed E-state index contributed by atoms with van der Waals surface area (Å²) < 4.78 is 5.08. The highest BCUT2D eigenvalue weighted by Crippen LogP contribution is 2.32. The van der Waals surface area contributed by atoms with Crippen LogP contribution in [-0.4, -0.2) is 23.1 Å². The SMILES string of the molecule is COc1cc(CNC(=O)c2sc(-c3ccccc3Cl)nc2C)ccc1O. The Morgan fingerprint density at radius 3 is 2.81 bits per heavy atom. The topological polar surface area (TPSA) is 71.5 Å². The molecule has 7 heteroatoms. The van der Waals surface area contributed by atoms with Crippen molar-refractivity contribution in [2.75, 3.05) is 7.11 Å². The number of carbonyl (C=O) groups excluding carboxylic acids is 1. The van der Waals surface area contributed by atoms with E-state index in [1.807, 2.05) is 18.2 Å². The van der Waals surface area contributed by atoms with Crippen molar-refractivity contribution in [2.45, 2.75) is 13.5 Å². The van der Waals surface area contributed by atoms with Crippen molar-refractivity contribution in [1.29, 1.82) is 0 Å². The lowest BCUT2D eigenvalue weighted by molar-refractivity contribution is 0.0954. The third kappa shape index (κ3) is 3.81. The Balaban J connectivity index is 1.76. The summed E-state index contributed by atoms with van der Waals surface area (Å²) in [5.74, 6) is 0.224. The predicted octanol–water partition coefficient (Wildman–Crippen LogP) is 4.42. The molecule has 0 aliphatic rings. The van der Waals surface area contributed by atoms with Crippen LogP contribution >= 0.6 is 22.9 Å². The zero-order valence-electron chi connectivity index (χ0n) is 14.2. The Bertz CT molecular complexity index is 956. The van der Waals surface area contributed by atoms with Crippen molar-refractivity contribution in [3.8, 4) is 22.1 Å². The molecule has 0 spiro atoms. The van der Waals surface area contributed by atoms with Gasteiger partial charge in [0.2, 0.25) is 0 Å². The van der Waals surface area contributed by atoms with Crippen LogP contribution in [0, 0.1) is 6.92 Å². The minimum atomic E-state index is -0.203. The summed E-state index contributed by atoms with van der Waals surface area (Å²) in [7, 11) is 1.48. The van der Waals surface area contributed by atoms with Crippen molar-refractivity contribution < 1.29 is 14.6 Å². The van der Waals surface area contributed by atoms with Gasteiger partial charge in [0.15, 0.2) is 11.5 Å². The van der Waals surface area contributed by atoms with E-state index in [-0.39, 0.29) is 11.7 Å². The molecule has 3 rings (SSSR count). The summed E-state index contributed by atoms with van der Waals surface area (Å²) in [6.45, 7) is 2.11. The monoisotopic (exact) mass is 388 g/mol. The highest BCUT2D eigenvalue weighted by molar-refractivity contribution is 7.17. The molecular formula is C19H17ClN2O3S. The summed E-state index contributed by atoms with van der Waals surface area (Å²) in [6, 6.07) is 12.4. The number of benzene rings is 2. The van der Waals surface area contributed by atoms with Crippen molar-refractivity contribution >= 4 is 28.8 Å². The number of thiazole rings is 1. The number of amides is 1. The van der Waals surface area contributed by atoms with Crippen LogP contribution in [0.4, 0.5) is 0 Å². The quantitative estimate of drug-likeness (QED) is 0.678. The number of phenolic OH excluding ortho intramolecular Hbond substituents is 1. The third-order valence-electron chi connectivity index (χ3n) is 3.80. The Morgan fingerprint density at radius 1 is 1.31 bits per heavy atom. The largest absolute Gasteiger partial charge is 0.504 e. The first-order valence-electron chi connectivity index (χ1n) is 7.86. The van der Waals surface area contributed by atoms with Crippen LogP contribution in [0.15, 0.2) is 42.5 Å². The Labute approximate surface area is 160 Å². The first kappa shape index (κ1) is 18.2. The van der Waals surface area contributed by atoms with E-state index >= 15 is 0 Å². The van der Waals surface area contributed by atoms with Gasteiger partial charge in [-0.15, -0.1) is 11.3 Å². The number of ether oxygens (including phenoxy) is 1. The molecule has 1 amide bonds. The van der Waals surface area contributed by atoms with E-state index in [1.54, 1.807) is 25.1 Å². The first-order chi connectivity index (χ1) is 12.5. The molecule has 0 saturated heterocycles. The number of phenols is 1. The lowest BCUT2D eigenvalue weighted by Gasteiger charge is -2.08. The van der Waals surface area contributed by atoms with E-state index < -0.39 is 0 Å². The van der Waals surface area contributed by atoms with Gasteiger partial charge in [-0.25, -0.2) is 4.98 Å². The Hall–Kier alpha value is -2.57. The van der Waals surface area contributed by atoms with Crippen LogP contribution in [0.3, 0.4) is 0 Å². The van der Waals surface area contributed by atoms with Crippen LogP contribution in [0.25, 0.3) is 10.6 Å². The van der Waals surface area contributed by atoms with Gasteiger partial charge >= 0.3 is 0 Å². The van der Waals surface area contributed by atoms with Crippen LogP contribution in [0.2, 0.25) is 5.02 Å². The molecule has 0 atom stereocenters. The van der Waals surface area contributed by atoms with Gasteiger partial charge in [0.05, 0.1) is 17.8 Å². The van der Waals surface area contributed by atoms with E-state index in [0.717, 1.165) is 11.1 Å². The molecule has 3 aromatic rings. The van der Waals surface area contributed by atoms with Gasteiger partial charge in [-0.3, -0.25) is 4.79 Å². The van der Waals surface area contributed by atoms with Gasteiger partial charge in [0, 0.05) is 12.1 Å². The summed E-state index contributed by atoms with van der Waals surface area (Å²) in [4.78, 5) is 17.6. The average molecular weight is 389 g/mol. The van der Waals surface area contributed by atoms with Crippen LogP contribution < -0.4 is 10.1 Å². The Kier molecular flexibility index (Phi) is 5.44. The highest BCUT2D eigenvalue weighted by Gasteiger charge is 2.17. The second kappa shape index (κ2) is 7.76. The average Bonchev–Trinajstić information content (AvgIpc) is 3.02. The van der Waals surface area contributed by atoms with Crippen LogP contribution in [0.5, 0.6) is 11.5 Å². The number of carbonyl (C=O) groups is 1. The molecule has 5 nitrogen and oxygen atoms in total. The molecular weight excluding hydrogens is 372 g/mol. The standard InChI is InChI=1S/C19H17ClN2O3S/c1-11-17(26-19(22-11)13-5-3-4-6-14(13)20)18(24)21-10-12-7-8-15(23)16(9-12)25-2/h3-9,23H,10H2,1-2H3,(H,21,24). The Morgan fingerprint density at radius 2 is 2.08 bits per heavy atom. The van der Waals surface area contributed by atoms with Gasteiger partial charge < -0.3 is 15.2 Å². The molecule has 26 heavy (non-hydrogen) atoms. The second-order valence-corrected chi connectivity index (χ2v) is 7.01. The molecule has 2 N–H and O–H groups in total. The van der Waals surface area contributed by atoms with Crippen molar-refractivity contribution in [2.24, 2.45) is 0 Å². The lowest BCUT2D eigenvalue weighted by atomic mass is 10.2. The maximum absolute atomic E-state index is 12.5. The van der Waals surface area contributed by atoms with Gasteiger partial charge in [0.1, 0.15) is 9.88 Å². The summed E-state index contributed by atoms with van der Waals surface area (Å²) >= 11 is 7.52. The number of aromatic hydroxyl groups is 1. The van der Waals surface area contributed by atoms with Crippen molar-refractivity contribution in [1.82, 2.24) is 10.3 Å². The fraction of sp³-hybridized carbons (Fsp3) is 0.158. The normalized spacial score (nSPS) is 10.6. The van der Waals surface area contributed by atoms with Crippen LogP contribution in [-0.2, 0) is 6.54 Å². The molecule has 0 radical (unpaired) electrons. The molecule has 0 saturated carbocycles. The molecule has 0 bridgehead atoms. The number of aromatic nitrogens is 1. The minimum absolute atomic E-state index is 0.0604. The second-order valence-electron chi connectivity index (χ2n) is 5.60. The first-order valence-corrected chi connectivity index (χ1v) is 9.05.